The largest absolute Gasteiger partial charge is 0.203 e. The monoisotopic (exact) mass is 333 g/mol. The summed E-state index contributed by atoms with van der Waals surface area (Å²) in [5.41, 5.74) is 8.04. The molecule has 0 unspecified atom stereocenters. The van der Waals surface area contributed by atoms with Gasteiger partial charge in [-0.2, -0.15) is 0 Å². The number of rotatable bonds is 4. The lowest BCUT2D eigenvalue weighted by Gasteiger charge is -2.17. The molecule has 0 amide bonds. The van der Waals surface area contributed by atoms with Crippen molar-refractivity contribution in [1.29, 1.82) is 0 Å². The normalized spacial score (nSPS) is 11.5. The minimum absolute atomic E-state index is 0.501. The van der Waals surface area contributed by atoms with Crippen molar-refractivity contribution >= 4 is 0 Å². The maximum absolute atomic E-state index is 2.28. The molecule has 3 aromatic rings. The molecule has 0 fully saturated rings. The molecule has 2 nitrogen and oxygen atoms in total. The van der Waals surface area contributed by atoms with Gasteiger partial charge >= 0.3 is 0 Å². The van der Waals surface area contributed by atoms with E-state index in [-0.39, 0.29) is 0 Å². The fourth-order valence-corrected chi connectivity index (χ4v) is 3.59. The summed E-state index contributed by atoms with van der Waals surface area (Å²) in [5.74, 6) is 1.00. The van der Waals surface area contributed by atoms with Crippen LogP contribution in [-0.2, 0) is 7.05 Å². The number of hydrogen-bond acceptors (Lipinski definition) is 0. The Morgan fingerprint density at radius 1 is 0.840 bits per heavy atom. The second-order valence-electron chi connectivity index (χ2n) is 7.54. The minimum atomic E-state index is 0.501. The number of aromatic nitrogens is 2. The first kappa shape index (κ1) is 17.5. The SMILES string of the molecule is Cc1ccccc1-n1cc(-c2c(C(C)C)cccc2C(C)C)c[n+]1C. The van der Waals surface area contributed by atoms with Crippen LogP contribution in [0, 0.1) is 6.92 Å². The summed E-state index contributed by atoms with van der Waals surface area (Å²) in [4.78, 5) is 0. The Bertz CT molecular complexity index is 859. The summed E-state index contributed by atoms with van der Waals surface area (Å²) in [5, 5.41) is 0. The molecule has 2 aromatic carbocycles. The standard InChI is InChI=1S/C23H29N2/c1-16(2)20-11-9-12-21(17(3)4)23(20)19-14-24(6)25(15-19)22-13-8-7-10-18(22)5/h7-17H,1-6H3/q+1. The lowest BCUT2D eigenvalue weighted by molar-refractivity contribution is -0.744. The molecule has 1 aromatic heterocycles. The molecular formula is C23H29N2+. The molecule has 25 heavy (non-hydrogen) atoms. The van der Waals surface area contributed by atoms with Crippen molar-refractivity contribution in [2.24, 2.45) is 7.05 Å². The second kappa shape index (κ2) is 6.87. The van der Waals surface area contributed by atoms with Crippen molar-refractivity contribution in [2.75, 3.05) is 0 Å². The van der Waals surface area contributed by atoms with Crippen LogP contribution >= 0.6 is 0 Å². The van der Waals surface area contributed by atoms with Crippen LogP contribution < -0.4 is 4.68 Å². The Labute approximate surface area is 151 Å². The fraction of sp³-hybridized carbons (Fsp3) is 0.348. The van der Waals surface area contributed by atoms with Gasteiger partial charge in [0.25, 0.3) is 0 Å². The van der Waals surface area contributed by atoms with Crippen LogP contribution in [0.25, 0.3) is 16.8 Å². The molecule has 1 heterocycles. The molecule has 130 valence electrons. The molecule has 3 rings (SSSR count). The average molecular weight is 333 g/mol. The Kier molecular flexibility index (Phi) is 4.80. The summed E-state index contributed by atoms with van der Waals surface area (Å²) in [7, 11) is 2.11. The van der Waals surface area contributed by atoms with Crippen LogP contribution in [0.3, 0.4) is 0 Å². The van der Waals surface area contributed by atoms with Gasteiger partial charge in [-0.15, -0.1) is 9.36 Å². The molecule has 0 aliphatic carbocycles. The first-order valence-corrected chi connectivity index (χ1v) is 9.17. The average Bonchev–Trinajstić information content (AvgIpc) is 2.95. The highest BCUT2D eigenvalue weighted by Crippen LogP contribution is 2.36. The van der Waals surface area contributed by atoms with Crippen molar-refractivity contribution in [3.63, 3.8) is 0 Å². The molecule has 0 spiro atoms. The van der Waals surface area contributed by atoms with E-state index in [9.17, 15) is 0 Å². The van der Waals surface area contributed by atoms with E-state index < -0.39 is 0 Å². The van der Waals surface area contributed by atoms with E-state index in [1.54, 1.807) is 0 Å². The minimum Gasteiger partial charge on any atom is -0.128 e. The Balaban J connectivity index is 2.22. The van der Waals surface area contributed by atoms with E-state index >= 15 is 0 Å². The van der Waals surface area contributed by atoms with Crippen LogP contribution in [0.4, 0.5) is 0 Å². The maximum Gasteiger partial charge on any atom is 0.203 e. The number of nitrogens with zero attached hydrogens (tertiary/aromatic N) is 2. The summed E-state index contributed by atoms with van der Waals surface area (Å²) in [6.45, 7) is 11.3. The van der Waals surface area contributed by atoms with Crippen molar-refractivity contribution in [3.8, 4) is 16.8 Å². The molecule has 0 saturated carbocycles. The zero-order valence-corrected chi connectivity index (χ0v) is 16.2. The van der Waals surface area contributed by atoms with E-state index in [2.05, 4.69) is 106 Å². The molecular weight excluding hydrogens is 304 g/mol. The molecule has 2 heteroatoms. The van der Waals surface area contributed by atoms with Crippen LogP contribution in [-0.4, -0.2) is 4.68 Å². The van der Waals surface area contributed by atoms with E-state index in [4.69, 9.17) is 0 Å². The zero-order valence-electron chi connectivity index (χ0n) is 16.2. The highest BCUT2D eigenvalue weighted by Gasteiger charge is 2.21. The van der Waals surface area contributed by atoms with Crippen LogP contribution in [0.2, 0.25) is 0 Å². The van der Waals surface area contributed by atoms with Gasteiger partial charge in [0, 0.05) is 0 Å². The van der Waals surface area contributed by atoms with E-state index in [1.807, 2.05) is 0 Å². The number of para-hydroxylation sites is 1. The van der Waals surface area contributed by atoms with Gasteiger partial charge < -0.3 is 0 Å². The van der Waals surface area contributed by atoms with Crippen molar-refractivity contribution in [2.45, 2.75) is 46.5 Å². The smallest absolute Gasteiger partial charge is 0.128 e. The van der Waals surface area contributed by atoms with Gasteiger partial charge in [-0.05, 0) is 47.1 Å². The number of aryl methyl sites for hydroxylation is 2. The summed E-state index contributed by atoms with van der Waals surface area (Å²) >= 11 is 0. The molecule has 0 bridgehead atoms. The lowest BCUT2D eigenvalue weighted by atomic mass is 9.86. The van der Waals surface area contributed by atoms with Gasteiger partial charge in [-0.25, -0.2) is 0 Å². The van der Waals surface area contributed by atoms with Crippen LogP contribution in [0.1, 0.15) is 56.2 Å². The zero-order chi connectivity index (χ0) is 18.1. The fourth-order valence-electron chi connectivity index (χ4n) is 3.59. The van der Waals surface area contributed by atoms with Gasteiger partial charge in [-0.1, -0.05) is 64.1 Å². The Morgan fingerprint density at radius 3 is 2.00 bits per heavy atom. The van der Waals surface area contributed by atoms with Crippen molar-refractivity contribution in [1.82, 2.24) is 4.68 Å². The topological polar surface area (TPSA) is 8.81 Å². The van der Waals surface area contributed by atoms with E-state index in [0.29, 0.717) is 11.8 Å². The predicted octanol–water partition coefficient (Wildman–Crippen LogP) is 5.52. The van der Waals surface area contributed by atoms with Gasteiger partial charge in [0.15, 0.2) is 7.05 Å². The molecule has 0 atom stereocenters. The Hall–Kier alpha value is -2.35. The van der Waals surface area contributed by atoms with Crippen LogP contribution in [0.15, 0.2) is 54.9 Å². The summed E-state index contributed by atoms with van der Waals surface area (Å²) in [6.07, 6.45) is 4.52. The number of hydrogen-bond donors (Lipinski definition) is 0. The van der Waals surface area contributed by atoms with Gasteiger partial charge in [-0.3, -0.25) is 0 Å². The lowest BCUT2D eigenvalue weighted by Crippen LogP contribution is -2.36. The summed E-state index contributed by atoms with van der Waals surface area (Å²) in [6, 6.07) is 15.3. The molecule has 0 N–H and O–H groups in total. The Morgan fingerprint density at radius 2 is 1.44 bits per heavy atom. The third kappa shape index (κ3) is 3.26. The highest BCUT2D eigenvalue weighted by molar-refractivity contribution is 5.71. The van der Waals surface area contributed by atoms with E-state index in [1.165, 1.54) is 33.5 Å². The van der Waals surface area contributed by atoms with Crippen LogP contribution in [0.5, 0.6) is 0 Å². The third-order valence-corrected chi connectivity index (χ3v) is 4.95. The highest BCUT2D eigenvalue weighted by atomic mass is 15.4. The summed E-state index contributed by atoms with van der Waals surface area (Å²) < 4.78 is 4.42. The maximum atomic E-state index is 2.28. The van der Waals surface area contributed by atoms with Gasteiger partial charge in [0.2, 0.25) is 6.20 Å². The number of benzene rings is 2. The second-order valence-corrected chi connectivity index (χ2v) is 7.54. The van der Waals surface area contributed by atoms with E-state index in [0.717, 1.165) is 0 Å². The van der Waals surface area contributed by atoms with Gasteiger partial charge in [0.1, 0.15) is 5.69 Å². The predicted molar refractivity (Wildman–Crippen MR) is 105 cm³/mol. The van der Waals surface area contributed by atoms with Crippen molar-refractivity contribution in [3.05, 3.63) is 71.5 Å². The molecule has 0 aliphatic rings. The van der Waals surface area contributed by atoms with Gasteiger partial charge in [0.05, 0.1) is 11.8 Å². The van der Waals surface area contributed by atoms with Crippen molar-refractivity contribution < 1.29 is 4.68 Å². The quantitative estimate of drug-likeness (QED) is 0.556. The molecule has 0 radical (unpaired) electrons. The first-order chi connectivity index (χ1) is 11.9. The molecule has 0 aliphatic heterocycles. The first-order valence-electron chi connectivity index (χ1n) is 9.17. The third-order valence-electron chi connectivity index (χ3n) is 4.95. The molecule has 0 saturated heterocycles.